The van der Waals surface area contributed by atoms with Crippen LogP contribution >= 0.6 is 0 Å². The van der Waals surface area contributed by atoms with Crippen molar-refractivity contribution < 1.29 is 27.6 Å². The molecule has 1 N–H and O–H groups in total. The lowest BCUT2D eigenvalue weighted by molar-refractivity contribution is 0.0551. The van der Waals surface area contributed by atoms with E-state index < -0.39 is 24.3 Å². The van der Waals surface area contributed by atoms with E-state index in [-0.39, 0.29) is 30.0 Å². The summed E-state index contributed by atoms with van der Waals surface area (Å²) in [7, 11) is 0. The van der Waals surface area contributed by atoms with Crippen molar-refractivity contribution in [2.45, 2.75) is 53.0 Å². The maximum atomic E-state index is 14.4. The number of halogens is 2. The zero-order chi connectivity index (χ0) is 21.1. The van der Waals surface area contributed by atoms with Crippen molar-refractivity contribution in [1.29, 1.82) is 0 Å². The zero-order valence-electron chi connectivity index (χ0n) is 16.9. The number of piperazine rings is 1. The summed E-state index contributed by atoms with van der Waals surface area (Å²) in [4.78, 5) is 13.9. The van der Waals surface area contributed by atoms with Crippen LogP contribution < -0.4 is 10.1 Å². The minimum atomic E-state index is -0.840. The molecular weight excluding hydrogens is 384 g/mol. The second-order valence-corrected chi connectivity index (χ2v) is 7.28. The lowest BCUT2D eigenvalue weighted by atomic mass is 10.1. The first-order valence-corrected chi connectivity index (χ1v) is 9.46. The molecule has 7 nitrogen and oxygen atoms in total. The van der Waals surface area contributed by atoms with E-state index in [4.69, 9.17) is 14.0 Å². The van der Waals surface area contributed by atoms with Crippen LogP contribution in [-0.4, -0.2) is 41.3 Å². The maximum Gasteiger partial charge on any atom is 0.410 e. The van der Waals surface area contributed by atoms with Gasteiger partial charge in [0.25, 0.3) is 0 Å². The Morgan fingerprint density at radius 3 is 2.34 bits per heavy atom. The largest absolute Gasteiger partial charge is 0.488 e. The van der Waals surface area contributed by atoms with E-state index >= 15 is 0 Å². The molecule has 0 saturated carbocycles. The Kier molecular flexibility index (Phi) is 6.36. The Bertz CT molecular complexity index is 834. The number of amides is 1. The van der Waals surface area contributed by atoms with E-state index in [0.29, 0.717) is 24.5 Å². The molecule has 0 bridgehead atoms. The molecule has 29 heavy (non-hydrogen) atoms. The van der Waals surface area contributed by atoms with Crippen molar-refractivity contribution in [1.82, 2.24) is 15.4 Å². The normalized spacial score (nSPS) is 19.3. The summed E-state index contributed by atoms with van der Waals surface area (Å²) in [6, 6.07) is 2.00. The van der Waals surface area contributed by atoms with Gasteiger partial charge in [0.15, 0.2) is 0 Å². The average molecular weight is 409 g/mol. The molecule has 1 aliphatic heterocycles. The smallest absolute Gasteiger partial charge is 0.410 e. The van der Waals surface area contributed by atoms with Gasteiger partial charge in [-0.15, -0.1) is 0 Å². The van der Waals surface area contributed by atoms with Gasteiger partial charge in [-0.3, -0.25) is 0 Å². The van der Waals surface area contributed by atoms with E-state index in [1.165, 1.54) is 0 Å². The van der Waals surface area contributed by atoms with Crippen LogP contribution in [-0.2, 0) is 18.0 Å². The highest BCUT2D eigenvalue weighted by Gasteiger charge is 2.30. The molecule has 1 saturated heterocycles. The molecule has 0 radical (unpaired) electrons. The minimum Gasteiger partial charge on any atom is -0.488 e. The fourth-order valence-corrected chi connectivity index (χ4v) is 3.37. The lowest BCUT2D eigenvalue weighted by Gasteiger charge is -2.38. The quantitative estimate of drug-likeness (QED) is 0.815. The first-order chi connectivity index (χ1) is 13.8. The van der Waals surface area contributed by atoms with Gasteiger partial charge in [-0.05, 0) is 27.7 Å². The van der Waals surface area contributed by atoms with Crippen molar-refractivity contribution in [3.63, 3.8) is 0 Å². The van der Waals surface area contributed by atoms with E-state index in [1.54, 1.807) is 18.7 Å². The van der Waals surface area contributed by atoms with Gasteiger partial charge in [0.2, 0.25) is 0 Å². The van der Waals surface area contributed by atoms with Crippen LogP contribution in [0.3, 0.4) is 0 Å². The van der Waals surface area contributed by atoms with Crippen molar-refractivity contribution in [2.75, 3.05) is 13.1 Å². The van der Waals surface area contributed by atoms with Crippen LogP contribution in [0.4, 0.5) is 13.6 Å². The summed E-state index contributed by atoms with van der Waals surface area (Å²) < 4.78 is 44.5. The number of nitrogens with zero attached hydrogens (tertiary/aromatic N) is 2. The predicted octanol–water partition coefficient (Wildman–Crippen LogP) is 3.47. The monoisotopic (exact) mass is 409 g/mol. The first kappa shape index (κ1) is 21.0. The molecule has 1 aliphatic rings. The van der Waals surface area contributed by atoms with Crippen LogP contribution in [0.25, 0.3) is 0 Å². The molecular formula is C20H25F2N3O4. The second kappa shape index (κ2) is 8.77. The van der Waals surface area contributed by atoms with Gasteiger partial charge >= 0.3 is 6.09 Å². The summed E-state index contributed by atoms with van der Waals surface area (Å²) in [6.07, 6.45) is -0.593. The van der Waals surface area contributed by atoms with Crippen LogP contribution in [0, 0.1) is 25.5 Å². The van der Waals surface area contributed by atoms with Gasteiger partial charge < -0.3 is 24.2 Å². The summed E-state index contributed by atoms with van der Waals surface area (Å²) in [6.45, 7) is 8.12. The first-order valence-electron chi connectivity index (χ1n) is 9.46. The molecule has 0 aliphatic carbocycles. The summed E-state index contributed by atoms with van der Waals surface area (Å²) in [5, 5.41) is 7.01. The summed E-state index contributed by atoms with van der Waals surface area (Å²) >= 11 is 0. The number of aromatic nitrogens is 1. The van der Waals surface area contributed by atoms with E-state index in [9.17, 15) is 13.6 Å². The van der Waals surface area contributed by atoms with Gasteiger partial charge in [0, 0.05) is 37.3 Å². The maximum absolute atomic E-state index is 14.4. The molecule has 0 unspecified atom stereocenters. The molecule has 0 spiro atoms. The van der Waals surface area contributed by atoms with Crippen molar-refractivity contribution >= 4 is 6.09 Å². The number of benzene rings is 1. The fraction of sp³-hybridized carbons (Fsp3) is 0.500. The zero-order valence-corrected chi connectivity index (χ0v) is 16.9. The fourth-order valence-electron chi connectivity index (χ4n) is 3.37. The van der Waals surface area contributed by atoms with E-state index in [1.807, 2.05) is 13.8 Å². The number of carbonyl (C=O) groups is 1. The van der Waals surface area contributed by atoms with Crippen LogP contribution in [0.5, 0.6) is 5.75 Å². The molecule has 1 fully saturated rings. The summed E-state index contributed by atoms with van der Waals surface area (Å²) in [5.74, 6) is -1.07. The lowest BCUT2D eigenvalue weighted by Crippen LogP contribution is -2.57. The molecule has 2 heterocycles. The molecule has 9 heteroatoms. The molecule has 2 atom stereocenters. The summed E-state index contributed by atoms with van der Waals surface area (Å²) in [5.41, 5.74) is 1.06. The van der Waals surface area contributed by atoms with Gasteiger partial charge in [-0.1, -0.05) is 5.16 Å². The Labute approximate surface area is 167 Å². The van der Waals surface area contributed by atoms with Crippen molar-refractivity contribution in [3.8, 4) is 5.75 Å². The van der Waals surface area contributed by atoms with Crippen molar-refractivity contribution in [3.05, 3.63) is 46.3 Å². The molecule has 1 aromatic carbocycles. The molecule has 1 aromatic heterocycles. The minimum absolute atomic E-state index is 0.0272. The van der Waals surface area contributed by atoms with Crippen LogP contribution in [0.1, 0.15) is 36.4 Å². The van der Waals surface area contributed by atoms with Crippen LogP contribution in [0.15, 0.2) is 16.7 Å². The number of rotatable bonds is 5. The van der Waals surface area contributed by atoms with Gasteiger partial charge in [-0.25, -0.2) is 13.6 Å². The number of ether oxygens (including phenoxy) is 2. The third-order valence-corrected chi connectivity index (χ3v) is 5.06. The highest BCUT2D eigenvalue weighted by molar-refractivity contribution is 5.68. The van der Waals surface area contributed by atoms with Gasteiger partial charge in [-0.2, -0.15) is 0 Å². The third kappa shape index (κ3) is 4.67. The Balaban J connectivity index is 1.64. The predicted molar refractivity (Wildman–Crippen MR) is 100 cm³/mol. The highest BCUT2D eigenvalue weighted by Crippen LogP contribution is 2.24. The molecule has 3 rings (SSSR count). The highest BCUT2D eigenvalue weighted by atomic mass is 19.1. The number of aryl methyl sites for hydroxylation is 2. The average Bonchev–Trinajstić information content (AvgIpc) is 2.97. The number of carbonyl (C=O) groups excluding carboxylic acids is 1. The Hall–Kier alpha value is -2.68. The van der Waals surface area contributed by atoms with E-state index in [2.05, 4.69) is 10.5 Å². The number of hydrogen-bond acceptors (Lipinski definition) is 6. The number of hydrogen-bond donors (Lipinski definition) is 1. The topological polar surface area (TPSA) is 76.8 Å². The van der Waals surface area contributed by atoms with Gasteiger partial charge in [0.1, 0.15) is 36.4 Å². The Morgan fingerprint density at radius 2 is 1.79 bits per heavy atom. The van der Waals surface area contributed by atoms with Crippen LogP contribution in [0.2, 0.25) is 0 Å². The third-order valence-electron chi connectivity index (χ3n) is 5.06. The SMILES string of the molecule is Cc1noc(C)c1COc1cc(F)c(COC(=O)N2[C@H](C)CNC[C@@H]2C)c(F)c1. The van der Waals surface area contributed by atoms with E-state index in [0.717, 1.165) is 17.7 Å². The standard InChI is InChI=1S/C20H25F2N3O4/c1-11-7-23-8-12(2)25(11)20(26)28-10-17-18(21)5-15(6-19(17)22)27-9-16-13(3)24-29-14(16)4/h5-6,11-12,23H,7-10H2,1-4H3/t11-,12+. The molecule has 1 amide bonds. The van der Waals surface area contributed by atoms with Crippen molar-refractivity contribution in [2.24, 2.45) is 0 Å². The Morgan fingerprint density at radius 1 is 1.17 bits per heavy atom. The van der Waals surface area contributed by atoms with Gasteiger partial charge in [0.05, 0.1) is 16.8 Å². The second-order valence-electron chi connectivity index (χ2n) is 7.28. The molecule has 158 valence electrons. The molecule has 2 aromatic rings. The number of nitrogens with one attached hydrogen (secondary N) is 1.